The first-order valence-electron chi connectivity index (χ1n) is 5.58. The first kappa shape index (κ1) is 12.2. The minimum absolute atomic E-state index is 0.247. The lowest BCUT2D eigenvalue weighted by Crippen LogP contribution is -2.12. The van der Waals surface area contributed by atoms with Gasteiger partial charge in [0.15, 0.2) is 0 Å². The van der Waals surface area contributed by atoms with Crippen LogP contribution in [-0.2, 0) is 13.5 Å². The van der Waals surface area contributed by atoms with Crippen molar-refractivity contribution in [3.8, 4) is 11.9 Å². The van der Waals surface area contributed by atoms with Gasteiger partial charge in [0, 0.05) is 7.05 Å². The number of nitrogen functional groups attached to an aromatic ring is 1. The lowest BCUT2D eigenvalue weighted by Gasteiger charge is -2.10. The van der Waals surface area contributed by atoms with Gasteiger partial charge >= 0.3 is 6.01 Å². The number of hydrogen-bond donors (Lipinski definition) is 2. The molecule has 0 aromatic carbocycles. The Morgan fingerprint density at radius 2 is 2.22 bits per heavy atom. The molecule has 0 aliphatic heterocycles. The van der Waals surface area contributed by atoms with Gasteiger partial charge in [-0.2, -0.15) is 4.98 Å². The summed E-state index contributed by atoms with van der Waals surface area (Å²) in [6.45, 7) is 2.05. The van der Waals surface area contributed by atoms with Crippen LogP contribution in [0.25, 0.3) is 0 Å². The zero-order valence-electron chi connectivity index (χ0n) is 10.3. The first-order valence-corrected chi connectivity index (χ1v) is 5.58. The van der Waals surface area contributed by atoms with Crippen molar-refractivity contribution in [1.29, 1.82) is 0 Å². The molecule has 0 spiro atoms. The van der Waals surface area contributed by atoms with Crippen molar-refractivity contribution in [3.05, 3.63) is 18.2 Å². The highest BCUT2D eigenvalue weighted by atomic mass is 16.5. The topological polar surface area (TPSA) is 104 Å². The predicted octanol–water partition coefficient (Wildman–Crippen LogP) is 0.635. The van der Waals surface area contributed by atoms with Crippen molar-refractivity contribution in [2.24, 2.45) is 12.9 Å². The number of anilines is 1. The second kappa shape index (κ2) is 5.41. The maximum Gasteiger partial charge on any atom is 0.342 e. The van der Waals surface area contributed by atoms with E-state index in [0.717, 1.165) is 18.4 Å². The molecule has 0 amide bonds. The van der Waals surface area contributed by atoms with Crippen molar-refractivity contribution in [1.82, 2.24) is 24.7 Å². The minimum atomic E-state index is 0.247. The lowest BCUT2D eigenvalue weighted by molar-refractivity contribution is 0.416. The third-order valence-electron chi connectivity index (χ3n) is 2.31. The molecule has 0 unspecified atom stereocenters. The molecule has 96 valence electrons. The number of nitrogens with zero attached hydrogens (tertiary/aromatic N) is 5. The Balaban J connectivity index is 2.31. The van der Waals surface area contributed by atoms with Gasteiger partial charge in [-0.15, -0.1) is 5.10 Å². The summed E-state index contributed by atoms with van der Waals surface area (Å²) in [5.41, 5.74) is 3.35. The largest absolute Gasteiger partial charge is 0.404 e. The standard InChI is InChI=1S/C10H15N7O/c1-3-4-7-8(15-11)12-5-13-9(7)18-10-14-6-17(2)16-10/h5-6H,3-4,11H2,1-2H3,(H,12,13,15). The van der Waals surface area contributed by atoms with E-state index < -0.39 is 0 Å². The van der Waals surface area contributed by atoms with Gasteiger partial charge in [0.05, 0.1) is 5.56 Å². The molecule has 2 aromatic rings. The van der Waals surface area contributed by atoms with Gasteiger partial charge in [0.2, 0.25) is 5.88 Å². The van der Waals surface area contributed by atoms with E-state index in [0.29, 0.717) is 11.7 Å². The monoisotopic (exact) mass is 249 g/mol. The van der Waals surface area contributed by atoms with Crippen LogP contribution in [0.5, 0.6) is 11.9 Å². The molecular weight excluding hydrogens is 234 g/mol. The van der Waals surface area contributed by atoms with Crippen molar-refractivity contribution in [2.45, 2.75) is 19.8 Å². The number of aryl methyl sites for hydroxylation is 1. The number of nitrogens with two attached hydrogens (primary N) is 1. The zero-order valence-corrected chi connectivity index (χ0v) is 10.3. The average Bonchev–Trinajstić information content (AvgIpc) is 2.77. The van der Waals surface area contributed by atoms with E-state index in [1.165, 1.54) is 6.33 Å². The van der Waals surface area contributed by atoms with E-state index >= 15 is 0 Å². The fourth-order valence-electron chi connectivity index (χ4n) is 1.54. The van der Waals surface area contributed by atoms with Crippen LogP contribution < -0.4 is 16.0 Å². The summed E-state index contributed by atoms with van der Waals surface area (Å²) in [6.07, 6.45) is 4.61. The fourth-order valence-corrected chi connectivity index (χ4v) is 1.54. The number of ether oxygens (including phenoxy) is 1. The molecule has 3 N–H and O–H groups in total. The first-order chi connectivity index (χ1) is 8.74. The number of rotatable bonds is 5. The van der Waals surface area contributed by atoms with Crippen molar-refractivity contribution >= 4 is 5.82 Å². The third-order valence-corrected chi connectivity index (χ3v) is 2.31. The molecule has 2 rings (SSSR count). The molecule has 0 saturated carbocycles. The molecule has 0 aliphatic rings. The summed E-state index contributed by atoms with van der Waals surface area (Å²) in [5.74, 6) is 6.39. The molecule has 0 atom stereocenters. The highest BCUT2D eigenvalue weighted by Crippen LogP contribution is 2.25. The van der Waals surface area contributed by atoms with Crippen LogP contribution in [0.4, 0.5) is 5.82 Å². The summed E-state index contributed by atoms with van der Waals surface area (Å²) in [6, 6.07) is 0.247. The van der Waals surface area contributed by atoms with E-state index in [1.54, 1.807) is 18.1 Å². The second-order valence-corrected chi connectivity index (χ2v) is 3.70. The third kappa shape index (κ3) is 2.54. The zero-order chi connectivity index (χ0) is 13.0. The Kier molecular flexibility index (Phi) is 3.68. The predicted molar refractivity (Wildman–Crippen MR) is 64.9 cm³/mol. The van der Waals surface area contributed by atoms with Gasteiger partial charge in [0.1, 0.15) is 18.5 Å². The molecule has 0 saturated heterocycles. The van der Waals surface area contributed by atoms with Gasteiger partial charge in [0.25, 0.3) is 0 Å². The van der Waals surface area contributed by atoms with Crippen LogP contribution in [0.15, 0.2) is 12.7 Å². The van der Waals surface area contributed by atoms with E-state index in [1.807, 2.05) is 0 Å². The van der Waals surface area contributed by atoms with Crippen LogP contribution in [0.2, 0.25) is 0 Å². The van der Waals surface area contributed by atoms with Gasteiger partial charge in [-0.3, -0.25) is 4.68 Å². The molecule has 0 aliphatic carbocycles. The Hall–Kier alpha value is -2.22. The summed E-state index contributed by atoms with van der Waals surface area (Å²) < 4.78 is 7.09. The molecule has 2 aromatic heterocycles. The van der Waals surface area contributed by atoms with Gasteiger partial charge in [-0.05, 0) is 6.42 Å². The second-order valence-electron chi connectivity index (χ2n) is 3.70. The Morgan fingerprint density at radius 1 is 1.39 bits per heavy atom. The van der Waals surface area contributed by atoms with Crippen LogP contribution in [0.1, 0.15) is 18.9 Å². The summed E-state index contributed by atoms with van der Waals surface area (Å²) in [5, 5.41) is 4.03. The van der Waals surface area contributed by atoms with Gasteiger partial charge < -0.3 is 10.2 Å². The molecule has 0 radical (unpaired) electrons. The van der Waals surface area contributed by atoms with Gasteiger partial charge in [-0.25, -0.2) is 15.8 Å². The highest BCUT2D eigenvalue weighted by Gasteiger charge is 2.13. The lowest BCUT2D eigenvalue weighted by atomic mass is 10.2. The van der Waals surface area contributed by atoms with Crippen molar-refractivity contribution < 1.29 is 4.74 Å². The Morgan fingerprint density at radius 3 is 2.83 bits per heavy atom. The van der Waals surface area contributed by atoms with E-state index in [-0.39, 0.29) is 6.01 Å². The SMILES string of the molecule is CCCc1c(NN)ncnc1Oc1ncn(C)n1. The number of nitrogens with one attached hydrogen (secondary N) is 1. The molecule has 18 heavy (non-hydrogen) atoms. The number of hydrazine groups is 1. The van der Waals surface area contributed by atoms with E-state index in [9.17, 15) is 0 Å². The highest BCUT2D eigenvalue weighted by molar-refractivity contribution is 5.48. The molecular formula is C10H15N7O. The van der Waals surface area contributed by atoms with Crippen molar-refractivity contribution in [2.75, 3.05) is 5.43 Å². The molecule has 8 heteroatoms. The van der Waals surface area contributed by atoms with Crippen LogP contribution in [0.3, 0.4) is 0 Å². The molecule has 8 nitrogen and oxygen atoms in total. The molecule has 2 heterocycles. The van der Waals surface area contributed by atoms with E-state index in [4.69, 9.17) is 10.6 Å². The van der Waals surface area contributed by atoms with E-state index in [2.05, 4.69) is 32.4 Å². The summed E-state index contributed by atoms with van der Waals surface area (Å²) in [7, 11) is 1.76. The summed E-state index contributed by atoms with van der Waals surface area (Å²) in [4.78, 5) is 12.1. The normalized spacial score (nSPS) is 10.4. The fraction of sp³-hybridized carbons (Fsp3) is 0.400. The summed E-state index contributed by atoms with van der Waals surface area (Å²) >= 11 is 0. The Bertz CT molecular complexity index is 525. The van der Waals surface area contributed by atoms with Crippen LogP contribution in [0, 0.1) is 0 Å². The van der Waals surface area contributed by atoms with Crippen LogP contribution in [-0.4, -0.2) is 24.7 Å². The maximum absolute atomic E-state index is 5.54. The Labute approximate surface area is 104 Å². The number of aromatic nitrogens is 5. The maximum atomic E-state index is 5.54. The molecule has 0 bridgehead atoms. The average molecular weight is 249 g/mol. The quantitative estimate of drug-likeness (QED) is 0.591. The van der Waals surface area contributed by atoms with Gasteiger partial charge in [-0.1, -0.05) is 13.3 Å². The smallest absolute Gasteiger partial charge is 0.342 e. The van der Waals surface area contributed by atoms with Crippen molar-refractivity contribution in [3.63, 3.8) is 0 Å². The minimum Gasteiger partial charge on any atom is -0.404 e. The number of hydrogen-bond acceptors (Lipinski definition) is 7. The van der Waals surface area contributed by atoms with Crippen LogP contribution >= 0.6 is 0 Å². The molecule has 0 fully saturated rings.